The molecule has 3 rings (SSSR count). The van der Waals surface area contributed by atoms with Gasteiger partial charge >= 0.3 is 0 Å². The number of anilines is 1. The molecule has 1 aliphatic heterocycles. The average Bonchev–Trinajstić information content (AvgIpc) is 2.77. The quantitative estimate of drug-likeness (QED) is 0.417. The second-order valence-corrected chi connectivity index (χ2v) is 7.11. The van der Waals surface area contributed by atoms with Crippen molar-refractivity contribution >= 4 is 17.5 Å². The van der Waals surface area contributed by atoms with Crippen LogP contribution in [0.25, 0.3) is 11.1 Å². The molecule has 160 valence electrons. The highest BCUT2D eigenvalue weighted by Crippen LogP contribution is 2.26. The van der Waals surface area contributed by atoms with Gasteiger partial charge in [-0.25, -0.2) is 4.39 Å². The number of nitrogens with zero attached hydrogens (tertiary/aromatic N) is 1. The molecule has 1 fully saturated rings. The van der Waals surface area contributed by atoms with Crippen LogP contribution in [0, 0.1) is 5.82 Å². The van der Waals surface area contributed by atoms with Crippen molar-refractivity contribution in [1.82, 2.24) is 15.5 Å². The van der Waals surface area contributed by atoms with Gasteiger partial charge in [-0.1, -0.05) is 24.3 Å². The minimum atomic E-state index is -1.86. The van der Waals surface area contributed by atoms with E-state index in [1.54, 1.807) is 30.3 Å². The first kappa shape index (κ1) is 21.7. The van der Waals surface area contributed by atoms with Crippen LogP contribution in [0.15, 0.2) is 42.5 Å². The number of piperazine rings is 1. The number of halogens is 1. The van der Waals surface area contributed by atoms with E-state index in [0.717, 1.165) is 11.1 Å². The fourth-order valence-electron chi connectivity index (χ4n) is 3.24. The largest absolute Gasteiger partial charge is 0.398 e. The molecule has 0 aliphatic carbocycles. The van der Waals surface area contributed by atoms with Gasteiger partial charge in [0.2, 0.25) is 0 Å². The van der Waals surface area contributed by atoms with Crippen LogP contribution in [-0.4, -0.2) is 65.3 Å². The number of carbonyl (C=O) groups is 2. The number of nitrogens with two attached hydrogens (primary N) is 1. The number of hydrogen-bond donors (Lipinski definition) is 5. The van der Waals surface area contributed by atoms with Gasteiger partial charge in [-0.3, -0.25) is 9.59 Å². The first-order valence-corrected chi connectivity index (χ1v) is 9.64. The Labute approximate surface area is 173 Å². The van der Waals surface area contributed by atoms with Crippen molar-refractivity contribution in [2.45, 2.75) is 18.8 Å². The van der Waals surface area contributed by atoms with Crippen LogP contribution in [0.4, 0.5) is 10.1 Å². The molecule has 6 N–H and O–H groups in total. The van der Waals surface area contributed by atoms with Gasteiger partial charge in [-0.05, 0) is 29.3 Å². The Hall–Kier alpha value is -3.01. The third kappa shape index (κ3) is 5.12. The number of nitrogens with one attached hydrogen (secondary N) is 2. The number of carbonyl (C=O) groups excluding carboxylic acids is 2. The van der Waals surface area contributed by atoms with Gasteiger partial charge in [0.05, 0.1) is 0 Å². The van der Waals surface area contributed by atoms with Gasteiger partial charge < -0.3 is 31.5 Å². The fourth-order valence-corrected chi connectivity index (χ4v) is 3.24. The maximum Gasteiger partial charge on any atom is 0.254 e. The summed E-state index contributed by atoms with van der Waals surface area (Å²) < 4.78 is 13.2. The van der Waals surface area contributed by atoms with E-state index in [2.05, 4.69) is 10.6 Å². The Balaban J connectivity index is 1.55. The molecule has 1 heterocycles. The second-order valence-electron chi connectivity index (χ2n) is 7.11. The highest BCUT2D eigenvalue weighted by molar-refractivity contribution is 5.90. The summed E-state index contributed by atoms with van der Waals surface area (Å²) in [7, 11) is 0. The van der Waals surface area contributed by atoms with Crippen LogP contribution in [-0.2, 0) is 16.1 Å². The van der Waals surface area contributed by atoms with Crippen LogP contribution in [0.1, 0.15) is 5.56 Å². The van der Waals surface area contributed by atoms with E-state index in [1.807, 2.05) is 0 Å². The second kappa shape index (κ2) is 9.66. The van der Waals surface area contributed by atoms with E-state index >= 15 is 0 Å². The smallest absolute Gasteiger partial charge is 0.254 e. The maximum absolute atomic E-state index is 13.2. The van der Waals surface area contributed by atoms with E-state index < -0.39 is 29.8 Å². The van der Waals surface area contributed by atoms with Crippen molar-refractivity contribution in [3.63, 3.8) is 0 Å². The van der Waals surface area contributed by atoms with Crippen LogP contribution < -0.4 is 16.4 Å². The molecule has 0 radical (unpaired) electrons. The average molecular weight is 416 g/mol. The normalized spacial score (nSPS) is 16.0. The standard InChI is InChI=1S/C21H25FN4O4/c22-15-5-6-16(17(23)11-15)14-3-1-13(2-4-14)12-25-20(29)18(27)19(28)21(30)26-9-7-24-8-10-26/h1-6,11,18-19,24,27-28H,7-10,12,23H2,(H,25,29)/t18-,19-/m1/s1. The first-order valence-electron chi connectivity index (χ1n) is 9.64. The zero-order valence-corrected chi connectivity index (χ0v) is 16.3. The number of amides is 2. The Kier molecular flexibility index (Phi) is 6.99. The Bertz CT molecular complexity index is 900. The predicted molar refractivity (Wildman–Crippen MR) is 110 cm³/mol. The molecule has 0 bridgehead atoms. The highest BCUT2D eigenvalue weighted by atomic mass is 19.1. The highest BCUT2D eigenvalue weighted by Gasteiger charge is 2.33. The topological polar surface area (TPSA) is 128 Å². The molecule has 0 spiro atoms. The molecule has 8 nitrogen and oxygen atoms in total. The molecule has 2 aromatic rings. The minimum absolute atomic E-state index is 0.101. The lowest BCUT2D eigenvalue weighted by Crippen LogP contribution is -2.54. The number of benzene rings is 2. The van der Waals surface area contributed by atoms with E-state index in [9.17, 15) is 24.2 Å². The lowest BCUT2D eigenvalue weighted by molar-refractivity contribution is -0.153. The third-order valence-corrected chi connectivity index (χ3v) is 4.99. The maximum atomic E-state index is 13.2. The van der Waals surface area contributed by atoms with Crippen LogP contribution in [0.3, 0.4) is 0 Å². The Morgan fingerprint density at radius 2 is 1.77 bits per heavy atom. The van der Waals surface area contributed by atoms with Crippen molar-refractivity contribution < 1.29 is 24.2 Å². The zero-order valence-electron chi connectivity index (χ0n) is 16.3. The molecule has 9 heteroatoms. The molecule has 30 heavy (non-hydrogen) atoms. The van der Waals surface area contributed by atoms with E-state index in [4.69, 9.17) is 5.73 Å². The van der Waals surface area contributed by atoms with Gasteiger partial charge in [-0.2, -0.15) is 0 Å². The number of nitrogen functional groups attached to an aromatic ring is 1. The van der Waals surface area contributed by atoms with Gasteiger partial charge in [0, 0.05) is 44.0 Å². The van der Waals surface area contributed by atoms with Gasteiger partial charge in [0.15, 0.2) is 12.2 Å². The van der Waals surface area contributed by atoms with Crippen LogP contribution in [0.2, 0.25) is 0 Å². The molecule has 2 atom stereocenters. The minimum Gasteiger partial charge on any atom is -0.398 e. The summed E-state index contributed by atoms with van der Waals surface area (Å²) in [6.45, 7) is 2.12. The summed E-state index contributed by atoms with van der Waals surface area (Å²) in [4.78, 5) is 25.8. The van der Waals surface area contributed by atoms with Crippen molar-refractivity contribution in [1.29, 1.82) is 0 Å². The first-order chi connectivity index (χ1) is 14.4. The molecule has 1 saturated heterocycles. The summed E-state index contributed by atoms with van der Waals surface area (Å²) in [5, 5.41) is 25.7. The van der Waals surface area contributed by atoms with Gasteiger partial charge in [0.1, 0.15) is 5.82 Å². The summed E-state index contributed by atoms with van der Waals surface area (Å²) >= 11 is 0. The van der Waals surface area contributed by atoms with E-state index in [-0.39, 0.29) is 6.54 Å². The third-order valence-electron chi connectivity index (χ3n) is 4.99. The Morgan fingerprint density at radius 1 is 1.10 bits per heavy atom. The number of aliphatic hydroxyl groups excluding tert-OH is 2. The molecule has 2 aromatic carbocycles. The molecule has 1 aliphatic rings. The molecular formula is C21H25FN4O4. The predicted octanol–water partition coefficient (Wildman–Crippen LogP) is -0.155. The number of rotatable bonds is 6. The molecule has 0 aromatic heterocycles. The van der Waals surface area contributed by atoms with Crippen molar-refractivity contribution in [3.8, 4) is 11.1 Å². The zero-order chi connectivity index (χ0) is 21.7. The van der Waals surface area contributed by atoms with E-state index in [0.29, 0.717) is 37.4 Å². The SMILES string of the molecule is Nc1cc(F)ccc1-c1ccc(CNC(=O)[C@H](O)[C@@H](O)C(=O)N2CCNCC2)cc1. The lowest BCUT2D eigenvalue weighted by atomic mass is 10.0. The summed E-state index contributed by atoms with van der Waals surface area (Å²) in [6.07, 6.45) is -3.67. The Morgan fingerprint density at radius 3 is 2.40 bits per heavy atom. The van der Waals surface area contributed by atoms with E-state index in [1.165, 1.54) is 17.0 Å². The molecule has 0 saturated carbocycles. The fraction of sp³-hybridized carbons (Fsp3) is 0.333. The molecule has 0 unspecified atom stereocenters. The van der Waals surface area contributed by atoms with Crippen molar-refractivity contribution in [3.05, 3.63) is 53.8 Å². The van der Waals surface area contributed by atoms with Gasteiger partial charge in [-0.15, -0.1) is 0 Å². The monoisotopic (exact) mass is 416 g/mol. The molecule has 2 amide bonds. The summed E-state index contributed by atoms with van der Waals surface area (Å²) in [6, 6.07) is 11.2. The number of aliphatic hydroxyl groups is 2. The lowest BCUT2D eigenvalue weighted by Gasteiger charge is -2.30. The van der Waals surface area contributed by atoms with Crippen LogP contribution in [0.5, 0.6) is 0 Å². The van der Waals surface area contributed by atoms with Crippen molar-refractivity contribution in [2.75, 3.05) is 31.9 Å². The van der Waals surface area contributed by atoms with Crippen molar-refractivity contribution in [2.24, 2.45) is 0 Å². The summed E-state index contributed by atoms with van der Waals surface area (Å²) in [5.41, 5.74) is 8.39. The van der Waals surface area contributed by atoms with Gasteiger partial charge in [0.25, 0.3) is 11.8 Å². The van der Waals surface area contributed by atoms with Crippen LogP contribution >= 0.6 is 0 Å². The number of hydrogen-bond acceptors (Lipinski definition) is 6. The molecular weight excluding hydrogens is 391 g/mol. The summed E-state index contributed by atoms with van der Waals surface area (Å²) in [5.74, 6) is -1.91.